The summed E-state index contributed by atoms with van der Waals surface area (Å²) in [4.78, 5) is 0. The van der Waals surface area contributed by atoms with Crippen molar-refractivity contribution in [1.82, 2.24) is 0 Å². The zero-order valence-electron chi connectivity index (χ0n) is 19.5. The quantitative estimate of drug-likeness (QED) is 0.411. The minimum Gasteiger partial charge on any atom is -0.196 e. The van der Waals surface area contributed by atoms with E-state index < -0.39 is 22.2 Å². The van der Waals surface area contributed by atoms with Crippen molar-refractivity contribution in [2.45, 2.75) is 85.5 Å². The molecule has 4 nitrogen and oxygen atoms in total. The first-order valence-corrected chi connectivity index (χ1v) is 12.0. The third kappa shape index (κ3) is 2.17. The first kappa shape index (κ1) is 23.1. The van der Waals surface area contributed by atoms with Crippen molar-refractivity contribution in [2.75, 3.05) is 0 Å². The fraction of sp³-hybridized carbons (Fsp3) is 0.704. The summed E-state index contributed by atoms with van der Waals surface area (Å²) in [5, 5.41) is 42.6. The third-order valence-corrected chi connectivity index (χ3v) is 8.93. The molecule has 0 spiro atoms. The van der Waals surface area contributed by atoms with Crippen LogP contribution < -0.4 is 0 Å². The Morgan fingerprint density at radius 2 is 1.45 bits per heavy atom. The van der Waals surface area contributed by atoms with E-state index in [2.05, 4.69) is 70.2 Å². The Labute approximate surface area is 187 Å². The van der Waals surface area contributed by atoms with Gasteiger partial charge in [0.25, 0.3) is 0 Å². The van der Waals surface area contributed by atoms with Gasteiger partial charge < -0.3 is 0 Å². The smallest absolute Gasteiger partial charge is 0.185 e. The van der Waals surface area contributed by atoms with Crippen LogP contribution in [0, 0.1) is 78.3 Å². The second kappa shape index (κ2) is 7.85. The molecule has 0 unspecified atom stereocenters. The Kier molecular flexibility index (Phi) is 5.85. The lowest BCUT2D eigenvalue weighted by molar-refractivity contribution is -0.208. The van der Waals surface area contributed by atoms with Crippen LogP contribution in [0.2, 0.25) is 0 Å². The van der Waals surface area contributed by atoms with Crippen molar-refractivity contribution in [3.8, 4) is 24.3 Å². The Morgan fingerprint density at radius 1 is 0.839 bits per heavy atom. The van der Waals surface area contributed by atoms with Crippen LogP contribution in [0.25, 0.3) is 0 Å². The molecule has 0 aromatic carbocycles. The van der Waals surface area contributed by atoms with Gasteiger partial charge in [-0.05, 0) is 37.5 Å². The molecule has 2 bridgehead atoms. The van der Waals surface area contributed by atoms with Gasteiger partial charge in [0.2, 0.25) is 0 Å². The third-order valence-electron chi connectivity index (χ3n) is 8.93. The summed E-state index contributed by atoms with van der Waals surface area (Å²) in [7, 11) is 0. The zero-order chi connectivity index (χ0) is 23.0. The van der Waals surface area contributed by atoms with Crippen LogP contribution in [0.5, 0.6) is 0 Å². The van der Waals surface area contributed by atoms with E-state index in [1.807, 2.05) is 0 Å². The average molecular weight is 415 g/mol. The second-order valence-electron chi connectivity index (χ2n) is 9.81. The van der Waals surface area contributed by atoms with E-state index in [1.54, 1.807) is 0 Å². The Hall–Kier alpha value is -2.56. The normalized spacial score (nSPS) is 35.9. The summed E-state index contributed by atoms with van der Waals surface area (Å²) < 4.78 is 0. The second-order valence-corrected chi connectivity index (χ2v) is 9.81. The molecule has 0 N–H and O–H groups in total. The number of nitrogens with zero attached hydrogens (tertiary/aromatic N) is 4. The van der Waals surface area contributed by atoms with E-state index >= 15 is 0 Å². The molecule has 162 valence electrons. The average Bonchev–Trinajstić information content (AvgIpc) is 3.16. The highest BCUT2D eigenvalue weighted by molar-refractivity contribution is 5.57. The van der Waals surface area contributed by atoms with Gasteiger partial charge in [-0.2, -0.15) is 21.0 Å². The molecule has 4 aliphatic rings. The Bertz CT molecular complexity index is 933. The number of fused-ring (bicyclic) bond motifs is 1. The van der Waals surface area contributed by atoms with E-state index in [1.165, 1.54) is 0 Å². The molecule has 1 saturated carbocycles. The van der Waals surface area contributed by atoms with Gasteiger partial charge >= 0.3 is 0 Å². The summed E-state index contributed by atoms with van der Waals surface area (Å²) in [6.07, 6.45) is 14.4. The molecule has 4 atom stereocenters. The first-order valence-electron chi connectivity index (χ1n) is 12.0. The molecule has 4 aliphatic carbocycles. The molecule has 0 amide bonds. The molecule has 0 heterocycles. The van der Waals surface area contributed by atoms with E-state index in [-0.39, 0.29) is 10.8 Å². The molecule has 0 saturated heterocycles. The molecule has 4 heteroatoms. The molecule has 0 radical (unpaired) electrons. The molecule has 0 aromatic rings. The fourth-order valence-electron chi connectivity index (χ4n) is 8.39. The Balaban J connectivity index is 2.62. The number of hydrogen-bond acceptors (Lipinski definition) is 4. The van der Waals surface area contributed by atoms with Crippen LogP contribution in [0.1, 0.15) is 85.5 Å². The summed E-state index contributed by atoms with van der Waals surface area (Å²) in [5.41, 5.74) is -3.68. The number of rotatable bonds is 8. The number of nitriles is 4. The van der Waals surface area contributed by atoms with Gasteiger partial charge in [-0.15, -0.1) is 0 Å². The maximum atomic E-state index is 10.7. The van der Waals surface area contributed by atoms with Gasteiger partial charge in [-0.3, -0.25) is 0 Å². The van der Waals surface area contributed by atoms with Crippen molar-refractivity contribution < 1.29 is 0 Å². The minimum absolute atomic E-state index is 0.312. The predicted molar refractivity (Wildman–Crippen MR) is 120 cm³/mol. The summed E-state index contributed by atoms with van der Waals surface area (Å²) in [6.45, 7) is 8.56. The van der Waals surface area contributed by atoms with Gasteiger partial charge in [-0.1, -0.05) is 77.2 Å². The highest BCUT2D eigenvalue weighted by atomic mass is 14.8. The minimum atomic E-state index is -1.68. The largest absolute Gasteiger partial charge is 0.196 e. The molecular formula is C27H34N4. The van der Waals surface area contributed by atoms with E-state index in [4.69, 9.17) is 0 Å². The first-order chi connectivity index (χ1) is 14.9. The van der Waals surface area contributed by atoms with Gasteiger partial charge in [0.05, 0.1) is 24.3 Å². The maximum Gasteiger partial charge on any atom is 0.185 e. The lowest BCUT2D eigenvalue weighted by Crippen LogP contribution is -2.75. The molecule has 0 aliphatic heterocycles. The molecule has 0 aromatic heterocycles. The summed E-state index contributed by atoms with van der Waals surface area (Å²) in [5.74, 6) is -0.445. The SMILES string of the molecule is CCCC1=C[C@H]2C(C#N)(C#N)C(C#N)(C#N)[C@]1(CCC)[C@]1(CCC)CC=C[C@]21CCC. The number of hydrogen-bond donors (Lipinski definition) is 0. The molecule has 1 fully saturated rings. The van der Waals surface area contributed by atoms with Crippen LogP contribution in [0.4, 0.5) is 0 Å². The summed E-state index contributed by atoms with van der Waals surface area (Å²) >= 11 is 0. The van der Waals surface area contributed by atoms with E-state index in [0.717, 1.165) is 56.9 Å². The lowest BCUT2D eigenvalue weighted by atomic mass is 9.24. The highest BCUT2D eigenvalue weighted by Crippen LogP contribution is 2.85. The molecule has 31 heavy (non-hydrogen) atoms. The number of allylic oxidation sites excluding steroid dienone is 4. The van der Waals surface area contributed by atoms with Crippen molar-refractivity contribution in [2.24, 2.45) is 33.0 Å². The van der Waals surface area contributed by atoms with Crippen molar-refractivity contribution >= 4 is 0 Å². The topological polar surface area (TPSA) is 95.2 Å². The van der Waals surface area contributed by atoms with Gasteiger partial charge in [0.1, 0.15) is 0 Å². The Morgan fingerprint density at radius 3 is 1.94 bits per heavy atom. The van der Waals surface area contributed by atoms with Gasteiger partial charge in [0.15, 0.2) is 10.8 Å². The fourth-order valence-corrected chi connectivity index (χ4v) is 8.39. The highest BCUT2D eigenvalue weighted by Gasteiger charge is 2.86. The van der Waals surface area contributed by atoms with Crippen molar-refractivity contribution in [1.29, 1.82) is 21.0 Å². The predicted octanol–water partition coefficient (Wildman–Crippen LogP) is 6.74. The molecule has 4 rings (SSSR count). The lowest BCUT2D eigenvalue weighted by Gasteiger charge is -2.74. The standard InChI is InChI=1S/C27H34N4/c1-5-10-21-16-22-23(11-6-2)14-9-15-25(23,12-7-3)27(21,13-8-4)26(19-30,20-31)24(22,17-28)18-29/h9,14,16,22H,5-8,10-13,15H2,1-4H3/t22-,23-,25-,27+/m1/s1. The van der Waals surface area contributed by atoms with Crippen LogP contribution >= 0.6 is 0 Å². The van der Waals surface area contributed by atoms with Crippen LogP contribution in [-0.2, 0) is 0 Å². The summed E-state index contributed by atoms with van der Waals surface area (Å²) in [6, 6.07) is 9.39. The monoisotopic (exact) mass is 414 g/mol. The van der Waals surface area contributed by atoms with Gasteiger partial charge in [-0.25, -0.2) is 0 Å². The molecular weight excluding hydrogens is 380 g/mol. The van der Waals surface area contributed by atoms with Crippen molar-refractivity contribution in [3.05, 3.63) is 23.8 Å². The maximum absolute atomic E-state index is 10.7. The van der Waals surface area contributed by atoms with Crippen molar-refractivity contribution in [3.63, 3.8) is 0 Å². The zero-order valence-corrected chi connectivity index (χ0v) is 19.5. The van der Waals surface area contributed by atoms with Crippen LogP contribution in [-0.4, -0.2) is 0 Å². The van der Waals surface area contributed by atoms with Gasteiger partial charge in [0, 0.05) is 16.7 Å². The van der Waals surface area contributed by atoms with Crippen LogP contribution in [0.3, 0.4) is 0 Å². The van der Waals surface area contributed by atoms with Crippen LogP contribution in [0.15, 0.2) is 23.8 Å². The van der Waals surface area contributed by atoms with E-state index in [0.29, 0.717) is 6.42 Å². The van der Waals surface area contributed by atoms with E-state index in [9.17, 15) is 21.0 Å².